The summed E-state index contributed by atoms with van der Waals surface area (Å²) in [4.78, 5) is 0. The Balaban J connectivity index is 1.24. The molecule has 33 heavy (non-hydrogen) atoms. The molecule has 0 N–H and O–H groups in total. The van der Waals surface area contributed by atoms with Crippen LogP contribution in [0, 0.1) is 17.8 Å². The van der Waals surface area contributed by atoms with Crippen molar-refractivity contribution in [3.63, 3.8) is 0 Å². The van der Waals surface area contributed by atoms with E-state index in [4.69, 9.17) is 4.74 Å². The lowest BCUT2D eigenvalue weighted by Gasteiger charge is -2.39. The third kappa shape index (κ3) is 5.82. The van der Waals surface area contributed by atoms with E-state index in [0.29, 0.717) is 17.8 Å². The van der Waals surface area contributed by atoms with Gasteiger partial charge in [-0.05, 0) is 120 Å². The summed E-state index contributed by atoms with van der Waals surface area (Å²) in [7, 11) is -4.33. The first-order chi connectivity index (χ1) is 15.7. The molecule has 0 radical (unpaired) electrons. The summed E-state index contributed by atoms with van der Waals surface area (Å²) in [6.45, 7) is 2.24. The molecule has 7 heteroatoms. The Morgan fingerprint density at radius 2 is 0.788 bits per heavy atom. The normalized spacial score (nSPS) is 41.5. The smallest absolute Gasteiger partial charge is 0.156 e. The van der Waals surface area contributed by atoms with Crippen LogP contribution in [0.25, 0.3) is 0 Å². The number of ether oxygens (including phenoxy) is 1. The Morgan fingerprint density at radius 1 is 0.485 bits per heavy atom. The van der Waals surface area contributed by atoms with Crippen molar-refractivity contribution in [2.24, 2.45) is 17.8 Å². The minimum absolute atomic E-state index is 0.102. The maximum Gasteiger partial charge on any atom is 0.156 e. The van der Waals surface area contributed by atoms with Crippen LogP contribution in [0.1, 0.15) is 110 Å². The fourth-order valence-corrected chi connectivity index (χ4v) is 12.3. The summed E-state index contributed by atoms with van der Waals surface area (Å²) in [5.74, 6) is 1.84. The van der Waals surface area contributed by atoms with Gasteiger partial charge in [0.15, 0.2) is 19.7 Å². The average molecular weight is 503 g/mol. The first-order valence-electron chi connectivity index (χ1n) is 13.7. The molecule has 0 heterocycles. The summed E-state index contributed by atoms with van der Waals surface area (Å²) < 4.78 is 58.3. The van der Waals surface area contributed by atoms with E-state index >= 15 is 0 Å². The first kappa shape index (κ1) is 25.9. The quantitative estimate of drug-likeness (QED) is 0.481. The molecule has 4 aliphatic carbocycles. The fraction of sp³-hybridized carbons (Fsp3) is 1.00. The highest BCUT2D eigenvalue weighted by Crippen LogP contribution is 2.43. The maximum atomic E-state index is 13.2. The van der Waals surface area contributed by atoms with Crippen LogP contribution in [-0.4, -0.2) is 51.0 Å². The van der Waals surface area contributed by atoms with Crippen LogP contribution in [0.15, 0.2) is 0 Å². The van der Waals surface area contributed by atoms with Crippen LogP contribution in [0.2, 0.25) is 0 Å². The number of hydrogen-bond acceptors (Lipinski definition) is 5. The van der Waals surface area contributed by atoms with Gasteiger partial charge in [-0.25, -0.2) is 16.8 Å². The molecule has 0 aromatic rings. The van der Waals surface area contributed by atoms with Crippen LogP contribution in [0.5, 0.6) is 0 Å². The van der Waals surface area contributed by atoms with Crippen molar-refractivity contribution >= 4 is 19.7 Å². The van der Waals surface area contributed by atoms with Crippen molar-refractivity contribution in [1.29, 1.82) is 0 Å². The van der Waals surface area contributed by atoms with E-state index in [-0.39, 0.29) is 27.1 Å². The topological polar surface area (TPSA) is 77.5 Å². The molecule has 5 nitrogen and oxygen atoms in total. The first-order valence-corrected chi connectivity index (χ1v) is 16.9. The van der Waals surface area contributed by atoms with Crippen LogP contribution in [0.3, 0.4) is 0 Å². The van der Waals surface area contributed by atoms with Crippen molar-refractivity contribution in [3.05, 3.63) is 0 Å². The van der Waals surface area contributed by atoms with Crippen LogP contribution in [0.4, 0.5) is 0 Å². The molecule has 0 amide bonds. The van der Waals surface area contributed by atoms with E-state index < -0.39 is 19.7 Å². The van der Waals surface area contributed by atoms with Crippen molar-refractivity contribution in [2.45, 2.75) is 137 Å². The van der Waals surface area contributed by atoms with Gasteiger partial charge in [0.1, 0.15) is 0 Å². The molecule has 4 aliphatic rings. The highest BCUT2D eigenvalue weighted by Gasteiger charge is 2.42. The summed E-state index contributed by atoms with van der Waals surface area (Å²) in [5, 5.41) is -0.571. The van der Waals surface area contributed by atoms with E-state index in [1.807, 2.05) is 0 Å². The molecule has 0 aromatic heterocycles. The van der Waals surface area contributed by atoms with E-state index in [2.05, 4.69) is 6.92 Å². The second-order valence-corrected chi connectivity index (χ2v) is 16.8. The van der Waals surface area contributed by atoms with Crippen molar-refractivity contribution in [1.82, 2.24) is 0 Å². The van der Waals surface area contributed by atoms with Gasteiger partial charge in [-0.3, -0.25) is 0 Å². The summed E-state index contributed by atoms with van der Waals surface area (Å²) in [6, 6.07) is 0. The molecule has 4 saturated carbocycles. The zero-order chi connectivity index (χ0) is 23.6. The number of sulfone groups is 2. The zero-order valence-corrected chi connectivity index (χ0v) is 22.4. The molecule has 0 aromatic carbocycles. The Bertz CT molecular complexity index is 820. The standard InChI is InChI=1S/C26H46O5S2/c1-19-3-11-23(12-4-19)32(27,28)24-13-5-20(6-14-24)21-7-15-25(16-8-21)33(29,30)26-17-9-22(31-2)10-18-26/h19-26H,3-18H2,1-2H3. The van der Waals surface area contributed by atoms with Crippen LogP contribution >= 0.6 is 0 Å². The van der Waals surface area contributed by atoms with Crippen molar-refractivity contribution in [3.8, 4) is 0 Å². The third-order valence-corrected chi connectivity index (χ3v) is 15.5. The molecular formula is C26H46O5S2. The lowest BCUT2D eigenvalue weighted by Crippen LogP contribution is -2.40. The Kier molecular flexibility index (Phi) is 8.54. The number of hydrogen-bond donors (Lipinski definition) is 0. The molecule has 0 unspecified atom stereocenters. The van der Waals surface area contributed by atoms with Gasteiger partial charge in [-0.2, -0.15) is 0 Å². The summed E-state index contributed by atoms with van der Waals surface area (Å²) in [5.41, 5.74) is 0. The van der Waals surface area contributed by atoms with Crippen molar-refractivity contribution in [2.75, 3.05) is 7.11 Å². The molecule has 0 bridgehead atoms. The largest absolute Gasteiger partial charge is 0.381 e. The molecule has 0 saturated heterocycles. The van der Waals surface area contributed by atoms with Crippen LogP contribution < -0.4 is 0 Å². The van der Waals surface area contributed by atoms with Crippen molar-refractivity contribution < 1.29 is 21.6 Å². The molecular weight excluding hydrogens is 456 g/mol. The van der Waals surface area contributed by atoms with Gasteiger partial charge in [0, 0.05) is 7.11 Å². The lowest BCUT2D eigenvalue weighted by atomic mass is 9.73. The van der Waals surface area contributed by atoms with Gasteiger partial charge in [-0.15, -0.1) is 0 Å². The zero-order valence-electron chi connectivity index (χ0n) is 20.8. The van der Waals surface area contributed by atoms with E-state index in [9.17, 15) is 16.8 Å². The molecule has 0 atom stereocenters. The fourth-order valence-electron chi connectivity index (χ4n) is 7.48. The molecule has 0 aliphatic heterocycles. The summed E-state index contributed by atoms with van der Waals surface area (Å²) in [6.07, 6.45) is 14.5. The molecule has 0 spiro atoms. The maximum absolute atomic E-state index is 13.2. The SMILES string of the molecule is COC1CCC(S(=O)(=O)C2CCC(C3CCC(S(=O)(=O)C4CCC(C)CC4)CC3)CC2)CC1. The lowest BCUT2D eigenvalue weighted by molar-refractivity contribution is 0.0715. The second-order valence-electron chi connectivity index (χ2n) is 11.8. The predicted molar refractivity (Wildman–Crippen MR) is 134 cm³/mol. The average Bonchev–Trinajstić information content (AvgIpc) is 2.84. The van der Waals surface area contributed by atoms with Gasteiger partial charge < -0.3 is 4.74 Å². The van der Waals surface area contributed by atoms with E-state index in [0.717, 1.165) is 103 Å². The number of methoxy groups -OCH3 is 1. The van der Waals surface area contributed by atoms with Gasteiger partial charge in [-0.1, -0.05) is 6.92 Å². The van der Waals surface area contributed by atoms with Gasteiger partial charge in [0.05, 0.1) is 27.1 Å². The second kappa shape index (κ2) is 10.9. The summed E-state index contributed by atoms with van der Waals surface area (Å²) >= 11 is 0. The third-order valence-electron chi connectivity index (χ3n) is 9.88. The minimum atomic E-state index is -3.05. The predicted octanol–water partition coefficient (Wildman–Crippen LogP) is 5.47. The van der Waals surface area contributed by atoms with E-state index in [1.54, 1.807) is 7.11 Å². The Morgan fingerprint density at radius 3 is 1.12 bits per heavy atom. The molecule has 4 fully saturated rings. The highest BCUT2D eigenvalue weighted by molar-refractivity contribution is 7.92. The van der Waals surface area contributed by atoms with Gasteiger partial charge in [0.25, 0.3) is 0 Å². The highest BCUT2D eigenvalue weighted by atomic mass is 32.2. The van der Waals surface area contributed by atoms with Crippen LogP contribution in [-0.2, 0) is 24.4 Å². The van der Waals surface area contributed by atoms with Gasteiger partial charge in [0.2, 0.25) is 0 Å². The monoisotopic (exact) mass is 502 g/mol. The minimum Gasteiger partial charge on any atom is -0.381 e. The molecule has 192 valence electrons. The Hall–Kier alpha value is -0.140. The molecule has 4 rings (SSSR count). The van der Waals surface area contributed by atoms with Gasteiger partial charge >= 0.3 is 0 Å². The Labute approximate surface area is 202 Å². The number of rotatable bonds is 6. The van der Waals surface area contributed by atoms with E-state index in [1.165, 1.54) is 0 Å².